The molecule has 1 heterocycles. The van der Waals surface area contributed by atoms with Crippen molar-refractivity contribution in [3.05, 3.63) is 45.9 Å². The van der Waals surface area contributed by atoms with Crippen LogP contribution in [0.2, 0.25) is 0 Å². The predicted molar refractivity (Wildman–Crippen MR) is 78.3 cm³/mol. The van der Waals surface area contributed by atoms with Gasteiger partial charge in [0.05, 0.1) is 12.1 Å². The van der Waals surface area contributed by atoms with E-state index in [4.69, 9.17) is 4.74 Å². The second kappa shape index (κ2) is 6.52. The molecule has 0 unspecified atom stereocenters. The second-order valence-corrected chi connectivity index (χ2v) is 5.76. The highest BCUT2D eigenvalue weighted by Crippen LogP contribution is 2.24. The van der Waals surface area contributed by atoms with Gasteiger partial charge in [-0.2, -0.15) is 0 Å². The van der Waals surface area contributed by atoms with Crippen molar-refractivity contribution >= 4 is 17.3 Å². The summed E-state index contributed by atoms with van der Waals surface area (Å²) in [5, 5.41) is 9.89. The van der Waals surface area contributed by atoms with Crippen molar-refractivity contribution < 1.29 is 14.6 Å². The SMILES string of the molecule is CC(C)c1ccc(C(=O)OCCc2cncs2)c(O)c1. The zero-order chi connectivity index (χ0) is 14.5. The first-order valence-electron chi connectivity index (χ1n) is 6.45. The number of rotatable bonds is 5. The van der Waals surface area contributed by atoms with Gasteiger partial charge in [-0.15, -0.1) is 11.3 Å². The van der Waals surface area contributed by atoms with Gasteiger partial charge in [0.25, 0.3) is 0 Å². The van der Waals surface area contributed by atoms with Crippen LogP contribution in [0.4, 0.5) is 0 Å². The Labute approximate surface area is 122 Å². The summed E-state index contributed by atoms with van der Waals surface area (Å²) in [7, 11) is 0. The van der Waals surface area contributed by atoms with Crippen LogP contribution in [0.5, 0.6) is 5.75 Å². The Morgan fingerprint density at radius 1 is 1.45 bits per heavy atom. The number of carbonyl (C=O) groups excluding carboxylic acids is 1. The number of nitrogens with zero attached hydrogens (tertiary/aromatic N) is 1. The predicted octanol–water partition coefficient (Wildman–Crippen LogP) is 3.37. The molecule has 0 amide bonds. The lowest BCUT2D eigenvalue weighted by molar-refractivity contribution is 0.0506. The largest absolute Gasteiger partial charge is 0.507 e. The molecule has 0 bridgehead atoms. The van der Waals surface area contributed by atoms with E-state index in [0.29, 0.717) is 12.3 Å². The van der Waals surface area contributed by atoms with Gasteiger partial charge in [0, 0.05) is 17.5 Å². The average Bonchev–Trinajstić information content (AvgIpc) is 2.91. The number of hydrogen-bond donors (Lipinski definition) is 1. The third-order valence-electron chi connectivity index (χ3n) is 2.97. The fourth-order valence-corrected chi connectivity index (χ4v) is 2.35. The van der Waals surface area contributed by atoms with Crippen molar-refractivity contribution in [3.8, 4) is 5.75 Å². The average molecular weight is 291 g/mol. The number of aromatic nitrogens is 1. The van der Waals surface area contributed by atoms with Crippen LogP contribution >= 0.6 is 11.3 Å². The molecule has 1 aromatic carbocycles. The molecule has 0 radical (unpaired) electrons. The fraction of sp³-hybridized carbons (Fsp3) is 0.333. The van der Waals surface area contributed by atoms with Crippen LogP contribution in [0.15, 0.2) is 29.9 Å². The number of benzene rings is 1. The summed E-state index contributed by atoms with van der Waals surface area (Å²) in [6, 6.07) is 5.06. The number of ether oxygens (including phenoxy) is 1. The fourth-order valence-electron chi connectivity index (χ4n) is 1.77. The zero-order valence-corrected chi connectivity index (χ0v) is 12.3. The van der Waals surface area contributed by atoms with E-state index in [9.17, 15) is 9.90 Å². The lowest BCUT2D eigenvalue weighted by Gasteiger charge is -2.09. The maximum absolute atomic E-state index is 11.9. The van der Waals surface area contributed by atoms with E-state index in [1.807, 2.05) is 19.9 Å². The summed E-state index contributed by atoms with van der Waals surface area (Å²) >= 11 is 1.53. The number of aromatic hydroxyl groups is 1. The first kappa shape index (κ1) is 14.5. The molecule has 0 spiro atoms. The van der Waals surface area contributed by atoms with Crippen molar-refractivity contribution in [2.75, 3.05) is 6.61 Å². The van der Waals surface area contributed by atoms with E-state index >= 15 is 0 Å². The van der Waals surface area contributed by atoms with Crippen molar-refractivity contribution in [1.29, 1.82) is 0 Å². The maximum Gasteiger partial charge on any atom is 0.341 e. The first-order chi connectivity index (χ1) is 9.58. The lowest BCUT2D eigenvalue weighted by atomic mass is 10.0. The van der Waals surface area contributed by atoms with E-state index in [1.165, 1.54) is 11.3 Å². The first-order valence-corrected chi connectivity index (χ1v) is 7.33. The normalized spacial score (nSPS) is 10.8. The minimum Gasteiger partial charge on any atom is -0.507 e. The Bertz CT molecular complexity index is 579. The molecule has 0 saturated carbocycles. The van der Waals surface area contributed by atoms with Gasteiger partial charge >= 0.3 is 5.97 Å². The van der Waals surface area contributed by atoms with Gasteiger partial charge in [-0.25, -0.2) is 4.79 Å². The number of thiazole rings is 1. The standard InChI is InChI=1S/C15H17NO3S/c1-10(2)11-3-4-13(14(17)7-11)15(18)19-6-5-12-8-16-9-20-12/h3-4,7-10,17H,5-6H2,1-2H3. The summed E-state index contributed by atoms with van der Waals surface area (Å²) in [6.07, 6.45) is 2.40. The van der Waals surface area contributed by atoms with Gasteiger partial charge in [-0.05, 0) is 23.6 Å². The Morgan fingerprint density at radius 3 is 2.85 bits per heavy atom. The molecular formula is C15H17NO3S. The highest BCUT2D eigenvalue weighted by Gasteiger charge is 2.14. The molecule has 0 aliphatic carbocycles. The molecular weight excluding hydrogens is 274 g/mol. The summed E-state index contributed by atoms with van der Waals surface area (Å²) in [5.74, 6) is -0.224. The molecule has 2 aromatic rings. The highest BCUT2D eigenvalue weighted by molar-refractivity contribution is 7.09. The van der Waals surface area contributed by atoms with Crippen molar-refractivity contribution in [2.24, 2.45) is 0 Å². The van der Waals surface area contributed by atoms with E-state index in [2.05, 4.69) is 4.98 Å². The number of phenols is 1. The van der Waals surface area contributed by atoms with Crippen LogP contribution in [0.1, 0.15) is 40.6 Å². The van der Waals surface area contributed by atoms with Gasteiger partial charge in [-0.3, -0.25) is 4.98 Å². The molecule has 0 aliphatic heterocycles. The molecule has 0 aliphatic rings. The van der Waals surface area contributed by atoms with Crippen LogP contribution in [0, 0.1) is 0 Å². The smallest absolute Gasteiger partial charge is 0.341 e. The molecule has 0 saturated heterocycles. The van der Waals surface area contributed by atoms with E-state index in [-0.39, 0.29) is 17.9 Å². The van der Waals surface area contributed by atoms with E-state index in [1.54, 1.807) is 23.8 Å². The lowest BCUT2D eigenvalue weighted by Crippen LogP contribution is -2.08. The third kappa shape index (κ3) is 3.57. The highest BCUT2D eigenvalue weighted by atomic mass is 32.1. The third-order valence-corrected chi connectivity index (χ3v) is 3.81. The summed E-state index contributed by atoms with van der Waals surface area (Å²) in [6.45, 7) is 4.34. The Kier molecular flexibility index (Phi) is 4.74. The molecule has 2 rings (SSSR count). The summed E-state index contributed by atoms with van der Waals surface area (Å²) in [4.78, 5) is 16.9. The van der Waals surface area contributed by atoms with Crippen LogP contribution in [-0.4, -0.2) is 22.7 Å². The minimum absolute atomic E-state index is 0.0287. The molecule has 4 nitrogen and oxygen atoms in total. The quantitative estimate of drug-likeness (QED) is 0.858. The summed E-state index contributed by atoms with van der Waals surface area (Å²) in [5.41, 5.74) is 2.94. The monoisotopic (exact) mass is 291 g/mol. The number of phenolic OH excluding ortho intramolecular Hbond substituents is 1. The van der Waals surface area contributed by atoms with Gasteiger partial charge in [-0.1, -0.05) is 19.9 Å². The Balaban J connectivity index is 1.95. The topological polar surface area (TPSA) is 59.4 Å². The molecule has 0 fully saturated rings. The van der Waals surface area contributed by atoms with E-state index in [0.717, 1.165) is 10.4 Å². The van der Waals surface area contributed by atoms with Crippen molar-refractivity contribution in [1.82, 2.24) is 4.98 Å². The number of esters is 1. The van der Waals surface area contributed by atoms with Gasteiger partial charge in [0.2, 0.25) is 0 Å². The van der Waals surface area contributed by atoms with Gasteiger partial charge in [0.1, 0.15) is 11.3 Å². The number of hydrogen-bond acceptors (Lipinski definition) is 5. The van der Waals surface area contributed by atoms with Gasteiger partial charge < -0.3 is 9.84 Å². The van der Waals surface area contributed by atoms with Crippen LogP contribution < -0.4 is 0 Å². The minimum atomic E-state index is -0.498. The van der Waals surface area contributed by atoms with Crippen molar-refractivity contribution in [2.45, 2.75) is 26.2 Å². The Hall–Kier alpha value is -1.88. The molecule has 1 aromatic heterocycles. The number of carbonyl (C=O) groups is 1. The summed E-state index contributed by atoms with van der Waals surface area (Å²) < 4.78 is 5.16. The molecule has 1 N–H and O–H groups in total. The molecule has 0 atom stereocenters. The van der Waals surface area contributed by atoms with Crippen LogP contribution in [0.25, 0.3) is 0 Å². The molecule has 106 valence electrons. The molecule has 5 heteroatoms. The van der Waals surface area contributed by atoms with Gasteiger partial charge in [0.15, 0.2) is 0 Å². The Morgan fingerprint density at radius 2 is 2.25 bits per heavy atom. The van der Waals surface area contributed by atoms with Crippen LogP contribution in [0.3, 0.4) is 0 Å². The van der Waals surface area contributed by atoms with Crippen molar-refractivity contribution in [3.63, 3.8) is 0 Å². The van der Waals surface area contributed by atoms with Crippen LogP contribution in [-0.2, 0) is 11.2 Å². The second-order valence-electron chi connectivity index (χ2n) is 4.78. The maximum atomic E-state index is 11.9. The molecule has 20 heavy (non-hydrogen) atoms. The zero-order valence-electron chi connectivity index (χ0n) is 11.5. The van der Waals surface area contributed by atoms with E-state index < -0.39 is 5.97 Å².